The molecule has 0 fully saturated rings. The van der Waals surface area contributed by atoms with Gasteiger partial charge in [0, 0.05) is 6.04 Å². The Morgan fingerprint density at radius 3 is 2.31 bits per heavy atom. The number of aryl methyl sites for hydroxylation is 2. The van der Waals surface area contributed by atoms with E-state index in [4.69, 9.17) is 5.73 Å². The lowest BCUT2D eigenvalue weighted by molar-refractivity contribution is 0.326. The Hall–Kier alpha value is -0.820. The smallest absolute Gasteiger partial charge is 0.0344 e. The lowest BCUT2D eigenvalue weighted by atomic mass is 9.81. The fourth-order valence-electron chi connectivity index (χ4n) is 2.45. The molecule has 88 valence electrons. The van der Waals surface area contributed by atoms with Crippen LogP contribution in [0.3, 0.4) is 0 Å². The first kappa shape index (κ1) is 11.7. The Labute approximate surface area is 99.0 Å². The molecule has 0 aliphatic heterocycles. The van der Waals surface area contributed by atoms with E-state index in [0.717, 1.165) is 0 Å². The number of fused-ring (bicyclic) bond motifs is 1. The van der Waals surface area contributed by atoms with Crippen LogP contribution < -0.4 is 5.73 Å². The van der Waals surface area contributed by atoms with Gasteiger partial charge in [0.2, 0.25) is 0 Å². The van der Waals surface area contributed by atoms with Crippen molar-refractivity contribution in [3.63, 3.8) is 0 Å². The summed E-state index contributed by atoms with van der Waals surface area (Å²) in [5.41, 5.74) is 10.8. The Morgan fingerprint density at radius 1 is 1.06 bits per heavy atom. The molecule has 2 rings (SSSR count). The Morgan fingerprint density at radius 2 is 1.69 bits per heavy atom. The predicted octanol–water partition coefficient (Wildman–Crippen LogP) is 3.61. The molecule has 1 aromatic rings. The second-order valence-corrected chi connectivity index (χ2v) is 6.08. The molecule has 16 heavy (non-hydrogen) atoms. The van der Waals surface area contributed by atoms with Crippen LogP contribution in [0.15, 0.2) is 18.2 Å². The van der Waals surface area contributed by atoms with Crippen molar-refractivity contribution in [1.29, 1.82) is 0 Å². The van der Waals surface area contributed by atoms with Crippen LogP contribution >= 0.6 is 0 Å². The van der Waals surface area contributed by atoms with E-state index in [0.29, 0.717) is 0 Å². The summed E-state index contributed by atoms with van der Waals surface area (Å²) >= 11 is 0. The van der Waals surface area contributed by atoms with Crippen LogP contribution in [0.25, 0.3) is 0 Å². The first-order valence-corrected chi connectivity index (χ1v) is 6.36. The van der Waals surface area contributed by atoms with Crippen LogP contribution in [-0.2, 0) is 12.8 Å². The van der Waals surface area contributed by atoms with E-state index >= 15 is 0 Å². The average Bonchev–Trinajstić information content (AvgIpc) is 2.26. The fraction of sp³-hybridized carbons (Fsp3) is 0.600. The van der Waals surface area contributed by atoms with Gasteiger partial charge in [-0.05, 0) is 47.8 Å². The molecule has 1 aromatic carbocycles. The largest absolute Gasteiger partial charge is 0.324 e. The van der Waals surface area contributed by atoms with E-state index in [2.05, 4.69) is 39.0 Å². The van der Waals surface area contributed by atoms with Gasteiger partial charge in [-0.25, -0.2) is 0 Å². The van der Waals surface area contributed by atoms with Gasteiger partial charge in [0.15, 0.2) is 0 Å². The van der Waals surface area contributed by atoms with E-state index in [1.807, 2.05) is 0 Å². The Balaban J connectivity index is 2.30. The van der Waals surface area contributed by atoms with Crippen molar-refractivity contribution >= 4 is 0 Å². The molecular formula is C15H23N. The SMILES string of the molecule is CC(C)(C)C(N)c1ccc2c(c1)CCCC2. The normalized spacial score (nSPS) is 18.0. The summed E-state index contributed by atoms with van der Waals surface area (Å²) in [5, 5.41) is 0. The van der Waals surface area contributed by atoms with Gasteiger partial charge in [0.05, 0.1) is 0 Å². The van der Waals surface area contributed by atoms with Crippen molar-refractivity contribution in [2.75, 3.05) is 0 Å². The lowest BCUT2D eigenvalue weighted by Crippen LogP contribution is -2.26. The summed E-state index contributed by atoms with van der Waals surface area (Å²) in [5.74, 6) is 0. The van der Waals surface area contributed by atoms with Gasteiger partial charge in [-0.15, -0.1) is 0 Å². The zero-order chi connectivity index (χ0) is 11.8. The molecule has 1 heteroatoms. The van der Waals surface area contributed by atoms with Crippen LogP contribution in [0.5, 0.6) is 0 Å². The molecule has 0 aromatic heterocycles. The molecule has 0 saturated heterocycles. The first-order valence-electron chi connectivity index (χ1n) is 6.36. The third kappa shape index (κ3) is 2.30. The maximum Gasteiger partial charge on any atom is 0.0344 e. The van der Waals surface area contributed by atoms with Crippen molar-refractivity contribution in [2.24, 2.45) is 11.1 Å². The maximum absolute atomic E-state index is 6.31. The van der Waals surface area contributed by atoms with Crippen LogP contribution in [0, 0.1) is 5.41 Å². The number of rotatable bonds is 1. The summed E-state index contributed by atoms with van der Waals surface area (Å²) in [4.78, 5) is 0. The van der Waals surface area contributed by atoms with Crippen molar-refractivity contribution in [1.82, 2.24) is 0 Å². The quantitative estimate of drug-likeness (QED) is 0.764. The molecule has 0 radical (unpaired) electrons. The first-order chi connectivity index (χ1) is 7.48. The highest BCUT2D eigenvalue weighted by Gasteiger charge is 2.23. The van der Waals surface area contributed by atoms with E-state index in [9.17, 15) is 0 Å². The zero-order valence-corrected chi connectivity index (χ0v) is 10.7. The van der Waals surface area contributed by atoms with Gasteiger partial charge in [-0.3, -0.25) is 0 Å². The van der Waals surface area contributed by atoms with E-state index in [1.165, 1.54) is 42.4 Å². The van der Waals surface area contributed by atoms with Crippen molar-refractivity contribution in [3.8, 4) is 0 Å². The van der Waals surface area contributed by atoms with Gasteiger partial charge < -0.3 is 5.73 Å². The molecule has 2 N–H and O–H groups in total. The highest BCUT2D eigenvalue weighted by atomic mass is 14.7. The number of hydrogen-bond acceptors (Lipinski definition) is 1. The van der Waals surface area contributed by atoms with Gasteiger partial charge in [0.1, 0.15) is 0 Å². The van der Waals surface area contributed by atoms with E-state index in [-0.39, 0.29) is 11.5 Å². The molecule has 1 nitrogen and oxygen atoms in total. The molecule has 0 saturated carbocycles. The lowest BCUT2D eigenvalue weighted by Gasteiger charge is -2.28. The highest BCUT2D eigenvalue weighted by Crippen LogP contribution is 2.32. The molecule has 1 atom stereocenters. The van der Waals surface area contributed by atoms with Crippen molar-refractivity contribution < 1.29 is 0 Å². The number of hydrogen-bond donors (Lipinski definition) is 1. The van der Waals surface area contributed by atoms with Crippen LogP contribution in [-0.4, -0.2) is 0 Å². The molecule has 0 heterocycles. The van der Waals surface area contributed by atoms with Crippen LogP contribution in [0.2, 0.25) is 0 Å². The van der Waals surface area contributed by atoms with E-state index < -0.39 is 0 Å². The molecule has 1 aliphatic carbocycles. The minimum absolute atomic E-state index is 0.139. The standard InChI is InChI=1S/C15H23N/c1-15(2,3)14(16)13-9-8-11-6-4-5-7-12(11)10-13/h8-10,14H,4-7,16H2,1-3H3. The summed E-state index contributed by atoms with van der Waals surface area (Å²) in [6, 6.07) is 6.99. The summed E-state index contributed by atoms with van der Waals surface area (Å²) in [6.45, 7) is 6.62. The van der Waals surface area contributed by atoms with E-state index in [1.54, 1.807) is 0 Å². The van der Waals surface area contributed by atoms with Gasteiger partial charge in [0.25, 0.3) is 0 Å². The number of nitrogens with two attached hydrogens (primary N) is 1. The second-order valence-electron chi connectivity index (χ2n) is 6.08. The highest BCUT2D eigenvalue weighted by molar-refractivity contribution is 5.35. The van der Waals surface area contributed by atoms with Crippen LogP contribution in [0.4, 0.5) is 0 Å². The summed E-state index contributed by atoms with van der Waals surface area (Å²) in [6.07, 6.45) is 5.17. The minimum Gasteiger partial charge on any atom is -0.324 e. The Bertz CT molecular complexity index is 374. The third-order valence-corrected chi connectivity index (χ3v) is 3.66. The summed E-state index contributed by atoms with van der Waals surface area (Å²) < 4.78 is 0. The van der Waals surface area contributed by atoms with Gasteiger partial charge >= 0.3 is 0 Å². The maximum atomic E-state index is 6.31. The molecule has 0 spiro atoms. The summed E-state index contributed by atoms with van der Waals surface area (Å²) in [7, 11) is 0. The van der Waals surface area contributed by atoms with Crippen molar-refractivity contribution in [2.45, 2.75) is 52.5 Å². The fourth-order valence-corrected chi connectivity index (χ4v) is 2.45. The monoisotopic (exact) mass is 217 g/mol. The molecule has 0 amide bonds. The average molecular weight is 217 g/mol. The molecular weight excluding hydrogens is 194 g/mol. The topological polar surface area (TPSA) is 26.0 Å². The van der Waals surface area contributed by atoms with Crippen molar-refractivity contribution in [3.05, 3.63) is 34.9 Å². The Kier molecular flexibility index (Phi) is 3.07. The molecule has 1 unspecified atom stereocenters. The molecule has 1 aliphatic rings. The zero-order valence-electron chi connectivity index (χ0n) is 10.7. The second kappa shape index (κ2) is 4.21. The number of benzene rings is 1. The predicted molar refractivity (Wildman–Crippen MR) is 69.5 cm³/mol. The van der Waals surface area contributed by atoms with Gasteiger partial charge in [-0.2, -0.15) is 0 Å². The molecule has 0 bridgehead atoms. The van der Waals surface area contributed by atoms with Crippen LogP contribution in [0.1, 0.15) is 56.3 Å². The third-order valence-electron chi connectivity index (χ3n) is 3.66. The van der Waals surface area contributed by atoms with Gasteiger partial charge in [-0.1, -0.05) is 39.0 Å². The minimum atomic E-state index is 0.139.